The number of esters is 1. The molecule has 194 valence electrons. The van der Waals surface area contributed by atoms with Crippen LogP contribution in [0.5, 0.6) is 11.5 Å². The number of hydrogen-bond donors (Lipinski definition) is 5. The van der Waals surface area contributed by atoms with Gasteiger partial charge in [-0.2, -0.15) is 10.2 Å². The second-order valence-corrected chi connectivity index (χ2v) is 8.36. The maximum Gasteiger partial charge on any atom is 0.341 e. The van der Waals surface area contributed by atoms with Crippen LogP contribution in [0.15, 0.2) is 35.7 Å². The van der Waals surface area contributed by atoms with Crippen LogP contribution in [0.25, 0.3) is 11.0 Å². The normalized spacial score (nSPS) is 12.2. The maximum absolute atomic E-state index is 12.1. The van der Waals surface area contributed by atoms with Crippen molar-refractivity contribution in [3.8, 4) is 11.5 Å². The summed E-state index contributed by atoms with van der Waals surface area (Å²) in [6.45, 7) is 9.87. The number of phenols is 2. The van der Waals surface area contributed by atoms with Crippen molar-refractivity contribution < 1.29 is 29.6 Å². The van der Waals surface area contributed by atoms with Crippen LogP contribution in [-0.4, -0.2) is 59.9 Å². The molecule has 0 spiro atoms. The minimum atomic E-state index is -1.39. The number of aromatic hydroxyl groups is 2. The van der Waals surface area contributed by atoms with Gasteiger partial charge in [-0.1, -0.05) is 6.07 Å². The average Bonchev–Trinajstić information content (AvgIpc) is 3.23. The predicted octanol–water partition coefficient (Wildman–Crippen LogP) is 2.88. The number of rotatable bonds is 8. The Morgan fingerprint density at radius 2 is 1.89 bits per heavy atom. The third kappa shape index (κ3) is 6.92. The Morgan fingerprint density at radius 1 is 1.19 bits per heavy atom. The number of phenolic OH excluding ortho intramolecular Hbond substituents is 2. The number of aryl methyl sites for hydroxylation is 1. The zero-order chi connectivity index (χ0) is 27.0. The Balaban J connectivity index is 0.000000269. The van der Waals surface area contributed by atoms with Gasteiger partial charge in [-0.25, -0.2) is 14.5 Å². The molecule has 2 heterocycles. The summed E-state index contributed by atoms with van der Waals surface area (Å²) in [6, 6.07) is 4.11. The lowest BCUT2D eigenvalue weighted by Gasteiger charge is -2.19. The largest absolute Gasteiger partial charge is 0.504 e. The molecule has 0 aliphatic carbocycles. The summed E-state index contributed by atoms with van der Waals surface area (Å²) in [7, 11) is 0. The van der Waals surface area contributed by atoms with Crippen molar-refractivity contribution in [3.05, 3.63) is 41.7 Å². The molecular formula is C24H32N6O6. The summed E-state index contributed by atoms with van der Waals surface area (Å²) in [5, 5.41) is 36.2. The Kier molecular flexibility index (Phi) is 9.33. The van der Waals surface area contributed by atoms with Crippen molar-refractivity contribution in [2.24, 2.45) is 10.8 Å². The number of fused-ring (bicyclic) bond motifs is 1. The lowest BCUT2D eigenvalue weighted by atomic mass is 9.94. The van der Waals surface area contributed by atoms with Crippen LogP contribution < -0.4 is 11.2 Å². The quantitative estimate of drug-likeness (QED) is 0.133. The number of hydrazone groups is 1. The van der Waals surface area contributed by atoms with Crippen molar-refractivity contribution in [1.29, 1.82) is 0 Å². The van der Waals surface area contributed by atoms with Gasteiger partial charge in [0.15, 0.2) is 17.1 Å². The van der Waals surface area contributed by atoms with Crippen LogP contribution >= 0.6 is 0 Å². The van der Waals surface area contributed by atoms with Gasteiger partial charge in [-0.3, -0.25) is 10.2 Å². The molecule has 36 heavy (non-hydrogen) atoms. The van der Waals surface area contributed by atoms with Crippen LogP contribution in [0.2, 0.25) is 0 Å². The monoisotopic (exact) mass is 500 g/mol. The third-order valence-corrected chi connectivity index (χ3v) is 4.95. The lowest BCUT2D eigenvalue weighted by molar-refractivity contribution is -0.142. The number of nitrogens with zero attached hydrogens (tertiary/aromatic N) is 4. The van der Waals surface area contributed by atoms with Crippen LogP contribution in [0, 0.1) is 0 Å². The molecule has 2 aromatic heterocycles. The molecule has 0 aliphatic heterocycles. The molecule has 0 radical (unpaired) electrons. The van der Waals surface area contributed by atoms with E-state index in [1.165, 1.54) is 31.3 Å². The number of carbonyl (C=O) groups excluding carboxylic acids is 1. The van der Waals surface area contributed by atoms with E-state index in [-0.39, 0.29) is 17.9 Å². The second kappa shape index (κ2) is 12.0. The summed E-state index contributed by atoms with van der Waals surface area (Å²) >= 11 is 0. The van der Waals surface area contributed by atoms with Gasteiger partial charge in [0.2, 0.25) is 0 Å². The fourth-order valence-electron chi connectivity index (χ4n) is 3.09. The first-order chi connectivity index (χ1) is 16.9. The Labute approximate surface area is 208 Å². The molecule has 3 aromatic rings. The van der Waals surface area contributed by atoms with E-state index in [1.807, 2.05) is 20.8 Å². The molecule has 1 aromatic carbocycles. The molecular weight excluding hydrogens is 468 g/mol. The van der Waals surface area contributed by atoms with E-state index in [1.54, 1.807) is 17.8 Å². The standard InChI is InChI=1S/C14H19N5O2.C10H13NO4/c1-5-19-13-10(8-16-19)12(18-17-9(3)4)11(7-15-13)14(20)21-6-2;1-10(11,9(14)15)5-6-2-3-7(12)8(13)4-6/h7-8H,5-6H2,1-4H3,(H,15,18);2-4,12-13H,5,11H2,1H3,(H,14,15)/t;10-/m.0/s1. The van der Waals surface area contributed by atoms with Gasteiger partial charge < -0.3 is 25.8 Å². The van der Waals surface area contributed by atoms with Crippen LogP contribution in [0.1, 0.15) is 50.5 Å². The molecule has 0 amide bonds. The number of nitrogens with one attached hydrogen (secondary N) is 1. The van der Waals surface area contributed by atoms with Crippen molar-refractivity contribution in [2.45, 2.75) is 53.1 Å². The number of aliphatic carboxylic acids is 1. The molecule has 0 fully saturated rings. The van der Waals surface area contributed by atoms with Gasteiger partial charge in [0.25, 0.3) is 0 Å². The van der Waals surface area contributed by atoms with Gasteiger partial charge in [0, 0.05) is 24.9 Å². The number of anilines is 1. The van der Waals surface area contributed by atoms with Crippen molar-refractivity contribution in [3.63, 3.8) is 0 Å². The Morgan fingerprint density at radius 3 is 2.44 bits per heavy atom. The van der Waals surface area contributed by atoms with Gasteiger partial charge in [0.05, 0.1) is 23.9 Å². The number of carbonyl (C=O) groups is 2. The maximum atomic E-state index is 12.1. The summed E-state index contributed by atoms with van der Waals surface area (Å²) in [5.41, 5.74) is 10.1. The number of benzene rings is 1. The number of pyridine rings is 1. The minimum absolute atomic E-state index is 0.0795. The van der Waals surface area contributed by atoms with Crippen molar-refractivity contribution >= 4 is 34.4 Å². The highest BCUT2D eigenvalue weighted by molar-refractivity contribution is 6.04. The number of nitrogens with two attached hydrogens (primary N) is 1. The van der Waals surface area contributed by atoms with E-state index in [0.717, 1.165) is 11.1 Å². The molecule has 0 saturated heterocycles. The first-order valence-electron chi connectivity index (χ1n) is 11.2. The Hall–Kier alpha value is -4.19. The summed E-state index contributed by atoms with van der Waals surface area (Å²) in [4.78, 5) is 27.1. The number of carboxylic acids is 1. The highest BCUT2D eigenvalue weighted by atomic mass is 16.5. The molecule has 0 bridgehead atoms. The highest BCUT2D eigenvalue weighted by Gasteiger charge is 2.28. The molecule has 0 unspecified atom stereocenters. The van der Waals surface area contributed by atoms with Crippen molar-refractivity contribution in [2.75, 3.05) is 12.0 Å². The van der Waals surface area contributed by atoms with Gasteiger partial charge in [-0.15, -0.1) is 0 Å². The fraction of sp³-hybridized carbons (Fsp3) is 0.375. The number of ether oxygens (including phenoxy) is 1. The van der Waals surface area contributed by atoms with Gasteiger partial charge in [-0.05, 0) is 52.3 Å². The highest BCUT2D eigenvalue weighted by Crippen LogP contribution is 2.27. The van der Waals surface area contributed by atoms with E-state index >= 15 is 0 Å². The average molecular weight is 501 g/mol. The first kappa shape index (κ1) is 28.1. The van der Waals surface area contributed by atoms with Gasteiger partial charge in [0.1, 0.15) is 11.1 Å². The number of hydrogen-bond acceptors (Lipinski definition) is 10. The van der Waals surface area contributed by atoms with Crippen LogP contribution in [-0.2, 0) is 22.5 Å². The third-order valence-electron chi connectivity index (χ3n) is 4.95. The van der Waals surface area contributed by atoms with E-state index in [9.17, 15) is 14.7 Å². The second-order valence-electron chi connectivity index (χ2n) is 8.36. The molecule has 1 atom stereocenters. The molecule has 3 rings (SSSR count). The predicted molar refractivity (Wildman–Crippen MR) is 135 cm³/mol. The van der Waals surface area contributed by atoms with E-state index in [0.29, 0.717) is 35.6 Å². The number of carboxylic acid groups (broad SMARTS) is 1. The molecule has 12 nitrogen and oxygen atoms in total. The molecule has 6 N–H and O–H groups in total. The van der Waals surface area contributed by atoms with Gasteiger partial charge >= 0.3 is 11.9 Å². The molecule has 0 aliphatic rings. The summed E-state index contributed by atoms with van der Waals surface area (Å²) < 4.78 is 6.82. The van der Waals surface area contributed by atoms with Crippen LogP contribution in [0.3, 0.4) is 0 Å². The first-order valence-corrected chi connectivity index (χ1v) is 11.2. The summed E-state index contributed by atoms with van der Waals surface area (Å²) in [6.07, 6.45) is 3.25. The minimum Gasteiger partial charge on any atom is -0.504 e. The Bertz CT molecular complexity index is 1260. The molecule has 12 heteroatoms. The molecule has 0 saturated carbocycles. The number of aromatic nitrogens is 3. The van der Waals surface area contributed by atoms with E-state index in [4.69, 9.17) is 20.7 Å². The topological polar surface area (TPSA) is 185 Å². The van der Waals surface area contributed by atoms with E-state index < -0.39 is 17.5 Å². The zero-order valence-corrected chi connectivity index (χ0v) is 20.9. The zero-order valence-electron chi connectivity index (χ0n) is 20.9. The van der Waals surface area contributed by atoms with E-state index in [2.05, 4.69) is 20.6 Å². The SMILES string of the molecule is CCOC(=O)c1cnc2c(cnn2CC)c1NN=C(C)C.C[C@](N)(Cc1ccc(O)c(O)c1)C(=O)O. The smallest absolute Gasteiger partial charge is 0.341 e. The van der Waals surface area contributed by atoms with Crippen LogP contribution in [0.4, 0.5) is 5.69 Å². The summed E-state index contributed by atoms with van der Waals surface area (Å²) in [5.74, 6) is -2.07. The van der Waals surface area contributed by atoms with Crippen molar-refractivity contribution in [1.82, 2.24) is 14.8 Å². The fourth-order valence-corrected chi connectivity index (χ4v) is 3.09. The lowest BCUT2D eigenvalue weighted by Crippen LogP contribution is -2.46.